The van der Waals surface area contributed by atoms with Crippen LogP contribution in [0.2, 0.25) is 5.02 Å². The van der Waals surface area contributed by atoms with Crippen molar-refractivity contribution in [2.45, 2.75) is 6.54 Å². The fourth-order valence-corrected chi connectivity index (χ4v) is 4.06. The lowest BCUT2D eigenvalue weighted by Crippen LogP contribution is -2.37. The highest BCUT2D eigenvalue weighted by Gasteiger charge is 2.17. The minimum absolute atomic E-state index is 0. The minimum Gasteiger partial charge on any atom is -0.378 e. The number of aromatic nitrogens is 4. The standard InChI is InChI=1S/C25H28ClN7O.ClH/c1-31(2)9-10-33-17-27-21-8-3-18(15-23(21)33)22-16-24(28-20-6-4-19(26)5-7-20)30-25(29-22)32-11-13-34-14-12-32;/h3-8,15-17H,9-14H2,1-2H3,(H,28,29,30);1H. The smallest absolute Gasteiger partial charge is 0.228 e. The molecule has 0 aliphatic carbocycles. The van der Waals surface area contributed by atoms with Gasteiger partial charge >= 0.3 is 0 Å². The van der Waals surface area contributed by atoms with Gasteiger partial charge in [0.2, 0.25) is 5.95 Å². The Bertz CT molecular complexity index is 1270. The molecule has 10 heteroatoms. The summed E-state index contributed by atoms with van der Waals surface area (Å²) in [6.45, 7) is 4.69. The number of rotatable bonds is 7. The Hall–Kier alpha value is -2.91. The van der Waals surface area contributed by atoms with Crippen LogP contribution in [0, 0.1) is 0 Å². The monoisotopic (exact) mass is 513 g/mol. The van der Waals surface area contributed by atoms with Gasteiger partial charge in [0.1, 0.15) is 5.82 Å². The Balaban J connectivity index is 0.00000289. The van der Waals surface area contributed by atoms with Crippen LogP contribution in [0.15, 0.2) is 54.9 Å². The third kappa shape index (κ3) is 6.02. The Morgan fingerprint density at radius 1 is 1.03 bits per heavy atom. The molecule has 1 aliphatic heterocycles. The maximum absolute atomic E-state index is 6.06. The summed E-state index contributed by atoms with van der Waals surface area (Å²) in [4.78, 5) is 18.7. The lowest BCUT2D eigenvalue weighted by atomic mass is 10.1. The number of anilines is 3. The molecule has 0 atom stereocenters. The summed E-state index contributed by atoms with van der Waals surface area (Å²) >= 11 is 6.06. The van der Waals surface area contributed by atoms with Gasteiger partial charge in [-0.2, -0.15) is 4.98 Å². The molecule has 0 radical (unpaired) electrons. The zero-order chi connectivity index (χ0) is 23.5. The lowest BCUT2D eigenvalue weighted by molar-refractivity contribution is 0.122. The van der Waals surface area contributed by atoms with E-state index in [4.69, 9.17) is 26.3 Å². The molecule has 3 heterocycles. The summed E-state index contributed by atoms with van der Waals surface area (Å²) in [7, 11) is 4.15. The van der Waals surface area contributed by atoms with Crippen LogP contribution in [-0.4, -0.2) is 71.4 Å². The van der Waals surface area contributed by atoms with Gasteiger partial charge in [0, 0.05) is 48.5 Å². The topological polar surface area (TPSA) is 71.3 Å². The van der Waals surface area contributed by atoms with E-state index in [1.165, 1.54) is 0 Å². The van der Waals surface area contributed by atoms with E-state index in [1.54, 1.807) is 0 Å². The fraction of sp³-hybridized carbons (Fsp3) is 0.320. The number of halogens is 2. The summed E-state index contributed by atoms with van der Waals surface area (Å²) in [5.74, 6) is 1.42. The number of hydrogen-bond acceptors (Lipinski definition) is 7. The van der Waals surface area contributed by atoms with Gasteiger partial charge in [-0.1, -0.05) is 17.7 Å². The highest BCUT2D eigenvalue weighted by Crippen LogP contribution is 2.28. The number of hydrogen-bond donors (Lipinski definition) is 1. The Morgan fingerprint density at radius 2 is 1.80 bits per heavy atom. The summed E-state index contributed by atoms with van der Waals surface area (Å²) in [5.41, 5.74) is 4.87. The van der Waals surface area contributed by atoms with Gasteiger partial charge in [-0.3, -0.25) is 0 Å². The van der Waals surface area contributed by atoms with Crippen LogP contribution >= 0.6 is 24.0 Å². The first kappa shape index (κ1) is 25.2. The third-order valence-electron chi connectivity index (χ3n) is 5.83. The molecule has 2 aromatic heterocycles. The molecule has 2 aromatic carbocycles. The first-order valence-electron chi connectivity index (χ1n) is 11.4. The molecule has 4 aromatic rings. The molecule has 5 rings (SSSR count). The number of nitrogens with zero attached hydrogens (tertiary/aromatic N) is 6. The lowest BCUT2D eigenvalue weighted by Gasteiger charge is -2.27. The van der Waals surface area contributed by atoms with Crippen LogP contribution in [0.4, 0.5) is 17.5 Å². The van der Waals surface area contributed by atoms with Crippen molar-refractivity contribution in [2.24, 2.45) is 0 Å². The second-order valence-electron chi connectivity index (χ2n) is 8.61. The van der Waals surface area contributed by atoms with Crippen molar-refractivity contribution in [3.05, 3.63) is 59.9 Å². The Kier molecular flexibility index (Phi) is 8.07. The minimum atomic E-state index is 0. The van der Waals surface area contributed by atoms with Gasteiger partial charge in [-0.25, -0.2) is 9.97 Å². The van der Waals surface area contributed by atoms with E-state index in [2.05, 4.69) is 57.0 Å². The third-order valence-corrected chi connectivity index (χ3v) is 6.08. The quantitative estimate of drug-likeness (QED) is 0.383. The van der Waals surface area contributed by atoms with E-state index in [9.17, 15) is 0 Å². The predicted molar refractivity (Wildman–Crippen MR) is 144 cm³/mol. The van der Waals surface area contributed by atoms with E-state index in [-0.39, 0.29) is 12.4 Å². The van der Waals surface area contributed by atoms with Crippen LogP contribution in [0.5, 0.6) is 0 Å². The molecule has 184 valence electrons. The molecule has 1 fully saturated rings. The molecule has 1 aliphatic rings. The maximum Gasteiger partial charge on any atom is 0.228 e. The zero-order valence-electron chi connectivity index (χ0n) is 19.8. The van der Waals surface area contributed by atoms with E-state index in [0.29, 0.717) is 24.2 Å². The Morgan fingerprint density at radius 3 is 2.54 bits per heavy atom. The van der Waals surface area contributed by atoms with Crippen LogP contribution in [-0.2, 0) is 11.3 Å². The summed E-state index contributed by atoms with van der Waals surface area (Å²) in [5, 5.41) is 4.10. The molecule has 0 unspecified atom stereocenters. The second kappa shape index (κ2) is 11.2. The van der Waals surface area contributed by atoms with Crippen LogP contribution < -0.4 is 10.2 Å². The van der Waals surface area contributed by atoms with Crippen molar-refractivity contribution in [1.29, 1.82) is 0 Å². The van der Waals surface area contributed by atoms with Gasteiger partial charge in [0.15, 0.2) is 0 Å². The van der Waals surface area contributed by atoms with Gasteiger partial charge in [-0.15, -0.1) is 12.4 Å². The summed E-state index contributed by atoms with van der Waals surface area (Å²) in [6.07, 6.45) is 1.91. The molecule has 0 amide bonds. The first-order valence-corrected chi connectivity index (χ1v) is 11.8. The molecule has 35 heavy (non-hydrogen) atoms. The summed E-state index contributed by atoms with van der Waals surface area (Å²) in [6, 6.07) is 15.9. The van der Waals surface area contributed by atoms with Crippen molar-refractivity contribution in [3.8, 4) is 11.3 Å². The number of benzene rings is 2. The van der Waals surface area contributed by atoms with E-state index >= 15 is 0 Å². The number of fused-ring (bicyclic) bond motifs is 1. The number of likely N-dealkylation sites (N-methyl/N-ethyl adjacent to an activating group) is 1. The average molecular weight is 514 g/mol. The molecule has 0 spiro atoms. The fourth-order valence-electron chi connectivity index (χ4n) is 3.93. The average Bonchev–Trinajstić information content (AvgIpc) is 3.27. The maximum atomic E-state index is 6.06. The van der Waals surface area contributed by atoms with Gasteiger partial charge < -0.3 is 24.4 Å². The first-order chi connectivity index (χ1) is 16.5. The zero-order valence-corrected chi connectivity index (χ0v) is 21.4. The normalized spacial score (nSPS) is 13.8. The van der Waals surface area contributed by atoms with E-state index in [1.807, 2.05) is 36.7 Å². The molecule has 1 N–H and O–H groups in total. The van der Waals surface area contributed by atoms with Gasteiger partial charge in [-0.05, 0) is 50.5 Å². The van der Waals surface area contributed by atoms with Crippen molar-refractivity contribution >= 4 is 52.5 Å². The Labute approximate surface area is 216 Å². The molecule has 1 saturated heterocycles. The van der Waals surface area contributed by atoms with Crippen LogP contribution in [0.1, 0.15) is 0 Å². The largest absolute Gasteiger partial charge is 0.378 e. The molecule has 0 bridgehead atoms. The SMILES string of the molecule is CN(C)CCn1cnc2ccc(-c3cc(Nc4ccc(Cl)cc4)nc(N4CCOCC4)n3)cc21.Cl. The van der Waals surface area contributed by atoms with Crippen molar-refractivity contribution in [2.75, 3.05) is 57.2 Å². The molecule has 0 saturated carbocycles. The number of imidazole rings is 1. The molecule has 8 nitrogen and oxygen atoms in total. The molecular weight excluding hydrogens is 485 g/mol. The van der Waals surface area contributed by atoms with E-state index < -0.39 is 0 Å². The number of nitrogens with one attached hydrogen (secondary N) is 1. The van der Waals surface area contributed by atoms with Crippen molar-refractivity contribution in [1.82, 2.24) is 24.4 Å². The van der Waals surface area contributed by atoms with Crippen LogP contribution in [0.3, 0.4) is 0 Å². The van der Waals surface area contributed by atoms with Crippen molar-refractivity contribution < 1.29 is 4.74 Å². The van der Waals surface area contributed by atoms with Crippen molar-refractivity contribution in [3.63, 3.8) is 0 Å². The number of morpholine rings is 1. The highest BCUT2D eigenvalue weighted by atomic mass is 35.5. The van der Waals surface area contributed by atoms with Gasteiger partial charge in [0.25, 0.3) is 0 Å². The van der Waals surface area contributed by atoms with E-state index in [0.717, 1.165) is 60.0 Å². The number of ether oxygens (including phenoxy) is 1. The highest BCUT2D eigenvalue weighted by molar-refractivity contribution is 6.30. The van der Waals surface area contributed by atoms with Gasteiger partial charge in [0.05, 0.1) is 36.3 Å². The van der Waals surface area contributed by atoms with Crippen LogP contribution in [0.25, 0.3) is 22.3 Å². The summed E-state index contributed by atoms with van der Waals surface area (Å²) < 4.78 is 7.72. The molecular formula is C25H29Cl2N7O. The second-order valence-corrected chi connectivity index (χ2v) is 9.05. The predicted octanol–water partition coefficient (Wildman–Crippen LogP) is 4.71.